The van der Waals surface area contributed by atoms with Gasteiger partial charge in [0.15, 0.2) is 0 Å². The molecular weight excluding hydrogens is 196 g/mol. The fourth-order valence-corrected chi connectivity index (χ4v) is 1.74. The zero-order chi connectivity index (χ0) is 11.0. The molecular formula is C10H12N2O3. The fourth-order valence-electron chi connectivity index (χ4n) is 1.74. The van der Waals surface area contributed by atoms with Gasteiger partial charge in [-0.05, 0) is 31.5 Å². The van der Waals surface area contributed by atoms with Gasteiger partial charge in [0.05, 0.1) is 10.5 Å². The van der Waals surface area contributed by atoms with Crippen molar-refractivity contribution < 1.29 is 10.0 Å². The van der Waals surface area contributed by atoms with Gasteiger partial charge in [0.2, 0.25) is 0 Å². The van der Waals surface area contributed by atoms with Crippen molar-refractivity contribution in [2.75, 3.05) is 6.54 Å². The second-order valence-corrected chi connectivity index (χ2v) is 3.72. The molecule has 1 atom stereocenters. The van der Waals surface area contributed by atoms with Crippen molar-refractivity contribution in [3.8, 4) is 5.75 Å². The number of phenolic OH excluding ortho intramolecular Hbond substituents is 1. The molecule has 2 rings (SSSR count). The molecule has 1 aliphatic heterocycles. The molecule has 1 aliphatic rings. The molecule has 1 fully saturated rings. The number of hydrogen-bond donors (Lipinski definition) is 2. The van der Waals surface area contributed by atoms with E-state index in [2.05, 4.69) is 5.32 Å². The van der Waals surface area contributed by atoms with Crippen molar-refractivity contribution in [3.63, 3.8) is 0 Å². The largest absolute Gasteiger partial charge is 0.507 e. The van der Waals surface area contributed by atoms with Crippen LogP contribution in [0.1, 0.15) is 23.6 Å². The molecule has 80 valence electrons. The second-order valence-electron chi connectivity index (χ2n) is 3.72. The molecule has 0 saturated carbocycles. The number of benzene rings is 1. The van der Waals surface area contributed by atoms with Crippen molar-refractivity contribution in [1.29, 1.82) is 0 Å². The maximum Gasteiger partial charge on any atom is 0.277 e. The lowest BCUT2D eigenvalue weighted by Gasteiger charge is -2.28. The molecule has 0 aliphatic carbocycles. The van der Waals surface area contributed by atoms with E-state index in [0.29, 0.717) is 11.1 Å². The molecule has 0 amide bonds. The Balaban J connectivity index is 2.54. The number of aryl methyl sites for hydroxylation is 1. The summed E-state index contributed by atoms with van der Waals surface area (Å²) in [5.41, 5.74) is 1.09. The number of nitrogens with one attached hydrogen (secondary N) is 1. The number of hydrogen-bond acceptors (Lipinski definition) is 4. The highest BCUT2D eigenvalue weighted by Gasteiger charge is 2.30. The van der Waals surface area contributed by atoms with Gasteiger partial charge in [0.1, 0.15) is 5.75 Å². The predicted molar refractivity (Wildman–Crippen MR) is 54.9 cm³/mol. The van der Waals surface area contributed by atoms with Gasteiger partial charge in [-0.15, -0.1) is 0 Å². The van der Waals surface area contributed by atoms with Gasteiger partial charge in [-0.1, -0.05) is 0 Å². The summed E-state index contributed by atoms with van der Waals surface area (Å²) in [7, 11) is 0. The summed E-state index contributed by atoms with van der Waals surface area (Å²) < 4.78 is 0. The third kappa shape index (κ3) is 1.55. The van der Waals surface area contributed by atoms with Crippen molar-refractivity contribution in [2.45, 2.75) is 19.4 Å². The summed E-state index contributed by atoms with van der Waals surface area (Å²) in [6.07, 6.45) is 0.831. The summed E-state index contributed by atoms with van der Waals surface area (Å²) in [5, 5.41) is 23.7. The Morgan fingerprint density at radius 1 is 1.60 bits per heavy atom. The number of aromatic hydroxyl groups is 1. The number of nitro groups is 1. The predicted octanol–water partition coefficient (Wildman–Crippen LogP) is 1.64. The fraction of sp³-hybridized carbons (Fsp3) is 0.400. The van der Waals surface area contributed by atoms with Crippen LogP contribution >= 0.6 is 0 Å². The zero-order valence-electron chi connectivity index (χ0n) is 8.36. The summed E-state index contributed by atoms with van der Waals surface area (Å²) in [6.45, 7) is 2.58. The monoisotopic (exact) mass is 208 g/mol. The van der Waals surface area contributed by atoms with E-state index in [1.807, 2.05) is 0 Å². The van der Waals surface area contributed by atoms with E-state index in [0.717, 1.165) is 13.0 Å². The highest BCUT2D eigenvalue weighted by molar-refractivity contribution is 5.55. The van der Waals surface area contributed by atoms with Crippen LogP contribution in [0.4, 0.5) is 5.69 Å². The smallest absolute Gasteiger partial charge is 0.277 e. The lowest BCUT2D eigenvalue weighted by Crippen LogP contribution is -2.35. The van der Waals surface area contributed by atoms with Crippen LogP contribution in [0.5, 0.6) is 5.75 Å². The van der Waals surface area contributed by atoms with Crippen molar-refractivity contribution in [1.82, 2.24) is 5.32 Å². The Morgan fingerprint density at radius 3 is 2.73 bits per heavy atom. The third-order valence-corrected chi connectivity index (χ3v) is 2.76. The summed E-state index contributed by atoms with van der Waals surface area (Å²) in [5.74, 6) is 0.0430. The van der Waals surface area contributed by atoms with Gasteiger partial charge in [-0.3, -0.25) is 10.1 Å². The van der Waals surface area contributed by atoms with Crippen LogP contribution in [0.2, 0.25) is 0 Å². The standard InChI is InChI=1S/C10H12N2O3/c1-6-2-3-8(12(14)15)9(10(6)13)7-4-5-11-7/h2-3,7,11,13H,4-5H2,1H3/t7-/m0/s1. The van der Waals surface area contributed by atoms with Crippen molar-refractivity contribution in [2.24, 2.45) is 0 Å². The van der Waals surface area contributed by atoms with E-state index in [9.17, 15) is 15.2 Å². The molecule has 2 N–H and O–H groups in total. The van der Waals surface area contributed by atoms with Crippen LogP contribution in [0.25, 0.3) is 0 Å². The molecule has 0 spiro atoms. The van der Waals surface area contributed by atoms with E-state index < -0.39 is 4.92 Å². The maximum absolute atomic E-state index is 10.8. The molecule has 5 heteroatoms. The molecule has 1 heterocycles. The van der Waals surface area contributed by atoms with E-state index in [4.69, 9.17) is 0 Å². The van der Waals surface area contributed by atoms with Gasteiger partial charge >= 0.3 is 0 Å². The normalized spacial score (nSPS) is 19.7. The Labute approximate surface area is 86.9 Å². The quantitative estimate of drug-likeness (QED) is 0.572. The minimum Gasteiger partial charge on any atom is -0.507 e. The minimum absolute atomic E-state index is 0.00435. The topological polar surface area (TPSA) is 75.4 Å². The Hall–Kier alpha value is -1.62. The first-order valence-electron chi connectivity index (χ1n) is 4.81. The molecule has 0 aromatic heterocycles. The maximum atomic E-state index is 10.8. The first kappa shape index (κ1) is 9.92. The van der Waals surface area contributed by atoms with Crippen LogP contribution < -0.4 is 5.32 Å². The van der Waals surface area contributed by atoms with E-state index in [-0.39, 0.29) is 17.5 Å². The first-order chi connectivity index (χ1) is 7.11. The van der Waals surface area contributed by atoms with Crippen molar-refractivity contribution >= 4 is 5.69 Å². The highest BCUT2D eigenvalue weighted by atomic mass is 16.6. The van der Waals surface area contributed by atoms with Crippen LogP contribution in [-0.2, 0) is 0 Å². The van der Waals surface area contributed by atoms with Gasteiger partial charge in [-0.2, -0.15) is 0 Å². The van der Waals surface area contributed by atoms with E-state index >= 15 is 0 Å². The minimum atomic E-state index is -0.450. The molecule has 5 nitrogen and oxygen atoms in total. The molecule has 0 bridgehead atoms. The average Bonchev–Trinajstić information content (AvgIpc) is 2.09. The van der Waals surface area contributed by atoms with Crippen LogP contribution in [-0.4, -0.2) is 16.6 Å². The van der Waals surface area contributed by atoms with Crippen LogP contribution in [0.3, 0.4) is 0 Å². The Bertz CT molecular complexity index is 413. The first-order valence-corrected chi connectivity index (χ1v) is 4.81. The van der Waals surface area contributed by atoms with Gasteiger partial charge in [0, 0.05) is 12.1 Å². The molecule has 0 unspecified atom stereocenters. The molecule has 1 aromatic carbocycles. The number of nitrogens with zero attached hydrogens (tertiary/aromatic N) is 1. The SMILES string of the molecule is Cc1ccc([N+](=O)[O-])c([C@@H]2CCN2)c1O. The van der Waals surface area contributed by atoms with E-state index in [1.165, 1.54) is 6.07 Å². The lowest BCUT2D eigenvalue weighted by atomic mass is 9.94. The third-order valence-electron chi connectivity index (χ3n) is 2.76. The molecule has 1 aromatic rings. The van der Waals surface area contributed by atoms with Gasteiger partial charge in [0.25, 0.3) is 5.69 Å². The Kier molecular flexibility index (Phi) is 2.32. The van der Waals surface area contributed by atoms with Crippen LogP contribution in [0.15, 0.2) is 12.1 Å². The van der Waals surface area contributed by atoms with Gasteiger partial charge < -0.3 is 10.4 Å². The summed E-state index contributed by atoms with van der Waals surface area (Å²) in [4.78, 5) is 10.3. The average molecular weight is 208 g/mol. The lowest BCUT2D eigenvalue weighted by molar-refractivity contribution is -0.386. The second kappa shape index (κ2) is 3.51. The van der Waals surface area contributed by atoms with Crippen molar-refractivity contribution in [3.05, 3.63) is 33.4 Å². The Morgan fingerprint density at radius 2 is 2.27 bits per heavy atom. The van der Waals surface area contributed by atoms with Crippen LogP contribution in [0, 0.1) is 17.0 Å². The number of nitro benzene ring substituents is 1. The summed E-state index contributed by atoms with van der Waals surface area (Å²) >= 11 is 0. The van der Waals surface area contributed by atoms with E-state index in [1.54, 1.807) is 13.0 Å². The number of phenols is 1. The molecule has 0 radical (unpaired) electrons. The zero-order valence-corrected chi connectivity index (χ0v) is 8.36. The van der Waals surface area contributed by atoms with Gasteiger partial charge in [-0.25, -0.2) is 0 Å². The molecule has 1 saturated heterocycles. The summed E-state index contributed by atoms with van der Waals surface area (Å²) in [6, 6.07) is 2.94. The molecule has 15 heavy (non-hydrogen) atoms. The highest BCUT2D eigenvalue weighted by Crippen LogP contribution is 2.39. The number of rotatable bonds is 2.